The number of carbonyl (C=O) groups is 1. The first-order valence-corrected chi connectivity index (χ1v) is 13.0. The van der Waals surface area contributed by atoms with Crippen LogP contribution in [0.4, 0.5) is 0 Å². The molecule has 2 aromatic rings. The summed E-state index contributed by atoms with van der Waals surface area (Å²) in [6, 6.07) is 10.3. The highest BCUT2D eigenvalue weighted by Crippen LogP contribution is 2.28. The lowest BCUT2D eigenvalue weighted by Crippen LogP contribution is -2.49. The summed E-state index contributed by atoms with van der Waals surface area (Å²) >= 11 is 1.67. The second kappa shape index (κ2) is 9.79. The summed E-state index contributed by atoms with van der Waals surface area (Å²) in [5.74, 6) is -0.219. The standard InChI is InChI=1S/C22H29N3O4S2/c1-17-6-8-18(9-7-17)31(27,28)25-10-2-4-19(25)22(26)23-16-20(21-5-3-15-30-21)24-11-13-29-14-12-24/h3,5-9,15,19-20H,2,4,10-14,16H2,1H3,(H,23,26). The summed E-state index contributed by atoms with van der Waals surface area (Å²) in [7, 11) is -3.70. The molecule has 1 N–H and O–H groups in total. The Morgan fingerprint density at radius 3 is 2.61 bits per heavy atom. The van der Waals surface area contributed by atoms with Gasteiger partial charge in [-0.15, -0.1) is 11.3 Å². The van der Waals surface area contributed by atoms with Crippen molar-refractivity contribution in [1.82, 2.24) is 14.5 Å². The minimum atomic E-state index is -3.70. The number of carbonyl (C=O) groups excluding carboxylic acids is 1. The van der Waals surface area contributed by atoms with Crippen LogP contribution in [0.15, 0.2) is 46.7 Å². The van der Waals surface area contributed by atoms with Crippen molar-refractivity contribution < 1.29 is 17.9 Å². The SMILES string of the molecule is Cc1ccc(S(=O)(=O)N2CCCC2C(=O)NCC(c2cccs2)N2CCOCC2)cc1. The van der Waals surface area contributed by atoms with E-state index in [-0.39, 0.29) is 16.8 Å². The average Bonchev–Trinajstić information content (AvgIpc) is 3.48. The molecule has 2 aliphatic heterocycles. The van der Waals surface area contributed by atoms with Gasteiger partial charge >= 0.3 is 0 Å². The second-order valence-corrected chi connectivity index (χ2v) is 10.9. The van der Waals surface area contributed by atoms with E-state index in [9.17, 15) is 13.2 Å². The van der Waals surface area contributed by atoms with Crippen LogP contribution in [0.5, 0.6) is 0 Å². The quantitative estimate of drug-likeness (QED) is 0.682. The van der Waals surface area contributed by atoms with Crippen LogP contribution in [-0.4, -0.2) is 69.0 Å². The second-order valence-electron chi connectivity index (χ2n) is 8.01. The zero-order chi connectivity index (χ0) is 21.8. The van der Waals surface area contributed by atoms with Crippen molar-refractivity contribution in [2.75, 3.05) is 39.4 Å². The van der Waals surface area contributed by atoms with Gasteiger partial charge in [-0.3, -0.25) is 9.69 Å². The van der Waals surface area contributed by atoms with Gasteiger partial charge in [0.2, 0.25) is 15.9 Å². The molecule has 2 aliphatic rings. The highest BCUT2D eigenvalue weighted by Gasteiger charge is 2.39. The lowest BCUT2D eigenvalue weighted by Gasteiger charge is -2.34. The topological polar surface area (TPSA) is 79.0 Å². The van der Waals surface area contributed by atoms with Crippen molar-refractivity contribution in [1.29, 1.82) is 0 Å². The van der Waals surface area contributed by atoms with Crippen molar-refractivity contribution in [3.63, 3.8) is 0 Å². The van der Waals surface area contributed by atoms with Crippen molar-refractivity contribution >= 4 is 27.3 Å². The minimum absolute atomic E-state index is 0.0661. The summed E-state index contributed by atoms with van der Waals surface area (Å²) in [6.07, 6.45) is 1.22. The van der Waals surface area contributed by atoms with Gasteiger partial charge in [-0.05, 0) is 43.3 Å². The summed E-state index contributed by atoms with van der Waals surface area (Å²) in [5, 5.41) is 5.09. The molecule has 9 heteroatoms. The van der Waals surface area contributed by atoms with E-state index in [2.05, 4.69) is 16.3 Å². The molecule has 3 heterocycles. The Kier molecular flexibility index (Phi) is 7.08. The van der Waals surface area contributed by atoms with Crippen molar-refractivity contribution in [3.8, 4) is 0 Å². The maximum atomic E-state index is 13.2. The van der Waals surface area contributed by atoms with Crippen LogP contribution in [0.25, 0.3) is 0 Å². The van der Waals surface area contributed by atoms with Crippen LogP contribution in [-0.2, 0) is 19.6 Å². The fourth-order valence-corrected chi connectivity index (χ4v) is 6.75. The maximum Gasteiger partial charge on any atom is 0.243 e. The molecule has 2 atom stereocenters. The van der Waals surface area contributed by atoms with Crippen molar-refractivity contribution in [3.05, 3.63) is 52.2 Å². The van der Waals surface area contributed by atoms with Crippen LogP contribution >= 0.6 is 11.3 Å². The van der Waals surface area contributed by atoms with Crippen LogP contribution in [0.2, 0.25) is 0 Å². The Labute approximate surface area is 188 Å². The number of hydrogen-bond donors (Lipinski definition) is 1. The van der Waals surface area contributed by atoms with Crippen LogP contribution in [0.3, 0.4) is 0 Å². The first-order valence-electron chi connectivity index (χ1n) is 10.7. The van der Waals surface area contributed by atoms with Gasteiger partial charge in [0.05, 0.1) is 24.2 Å². The molecule has 1 aromatic carbocycles. The first kappa shape index (κ1) is 22.4. The lowest BCUT2D eigenvalue weighted by atomic mass is 10.1. The Hall–Kier alpha value is -1.78. The number of rotatable bonds is 7. The monoisotopic (exact) mass is 463 g/mol. The van der Waals surface area contributed by atoms with E-state index in [0.717, 1.165) is 18.7 Å². The van der Waals surface area contributed by atoms with E-state index in [4.69, 9.17) is 4.74 Å². The Balaban J connectivity index is 1.46. The molecule has 0 saturated carbocycles. The smallest absolute Gasteiger partial charge is 0.243 e. The third kappa shape index (κ3) is 5.01. The molecular formula is C22H29N3O4S2. The molecular weight excluding hydrogens is 434 g/mol. The van der Waals surface area contributed by atoms with E-state index >= 15 is 0 Å². The van der Waals surface area contributed by atoms with Crippen LogP contribution in [0.1, 0.15) is 29.3 Å². The van der Waals surface area contributed by atoms with Crippen LogP contribution in [0, 0.1) is 6.92 Å². The molecule has 0 bridgehead atoms. The molecule has 0 radical (unpaired) electrons. The molecule has 7 nitrogen and oxygen atoms in total. The summed E-state index contributed by atoms with van der Waals surface area (Å²) < 4.78 is 33.2. The molecule has 0 aliphatic carbocycles. The molecule has 4 rings (SSSR count). The van der Waals surface area contributed by atoms with Gasteiger partial charge in [0.15, 0.2) is 0 Å². The Morgan fingerprint density at radius 1 is 1.19 bits per heavy atom. The maximum absolute atomic E-state index is 13.2. The minimum Gasteiger partial charge on any atom is -0.379 e. The van der Waals surface area contributed by atoms with Gasteiger partial charge in [0, 0.05) is 31.1 Å². The van der Waals surface area contributed by atoms with Gasteiger partial charge in [-0.25, -0.2) is 8.42 Å². The average molecular weight is 464 g/mol. The normalized spacial score (nSPS) is 21.8. The molecule has 1 aromatic heterocycles. The molecule has 0 spiro atoms. The van der Waals surface area contributed by atoms with E-state index in [1.165, 1.54) is 9.18 Å². The third-order valence-electron chi connectivity index (χ3n) is 5.96. The summed E-state index contributed by atoms with van der Waals surface area (Å²) in [5.41, 5.74) is 0.998. The van der Waals surface area contributed by atoms with Crippen molar-refractivity contribution in [2.45, 2.75) is 36.7 Å². The number of benzene rings is 1. The molecule has 31 heavy (non-hydrogen) atoms. The summed E-state index contributed by atoms with van der Waals surface area (Å²) in [4.78, 5) is 16.8. The number of nitrogens with zero attached hydrogens (tertiary/aromatic N) is 2. The van der Waals surface area contributed by atoms with E-state index < -0.39 is 16.1 Å². The molecule has 2 unspecified atom stereocenters. The van der Waals surface area contributed by atoms with Gasteiger partial charge in [-0.2, -0.15) is 4.31 Å². The molecule has 2 saturated heterocycles. The third-order valence-corrected chi connectivity index (χ3v) is 8.86. The number of thiophene rings is 1. The number of ether oxygens (including phenoxy) is 1. The number of aryl methyl sites for hydroxylation is 1. The highest BCUT2D eigenvalue weighted by molar-refractivity contribution is 7.89. The molecule has 2 fully saturated rings. The van der Waals surface area contributed by atoms with Crippen molar-refractivity contribution in [2.24, 2.45) is 0 Å². The van der Waals surface area contributed by atoms with E-state index in [1.54, 1.807) is 35.6 Å². The molecule has 168 valence electrons. The lowest BCUT2D eigenvalue weighted by molar-refractivity contribution is -0.124. The number of amides is 1. The predicted molar refractivity (Wildman–Crippen MR) is 121 cm³/mol. The first-order chi connectivity index (χ1) is 15.0. The number of hydrogen-bond acceptors (Lipinski definition) is 6. The van der Waals surface area contributed by atoms with Gasteiger partial charge in [-0.1, -0.05) is 23.8 Å². The number of nitrogens with one attached hydrogen (secondary N) is 1. The summed E-state index contributed by atoms with van der Waals surface area (Å²) in [6.45, 7) is 5.73. The van der Waals surface area contributed by atoms with E-state index in [1.807, 2.05) is 18.4 Å². The predicted octanol–water partition coefficient (Wildman–Crippen LogP) is 2.40. The van der Waals surface area contributed by atoms with Gasteiger partial charge in [0.1, 0.15) is 6.04 Å². The van der Waals surface area contributed by atoms with Gasteiger partial charge < -0.3 is 10.1 Å². The highest BCUT2D eigenvalue weighted by atomic mass is 32.2. The zero-order valence-electron chi connectivity index (χ0n) is 17.7. The fraction of sp³-hybridized carbons (Fsp3) is 0.500. The number of morpholine rings is 1. The Morgan fingerprint density at radius 2 is 1.94 bits per heavy atom. The van der Waals surface area contributed by atoms with Gasteiger partial charge in [0.25, 0.3) is 0 Å². The Bertz CT molecular complexity index is 971. The largest absolute Gasteiger partial charge is 0.379 e. The van der Waals surface area contributed by atoms with Crippen LogP contribution < -0.4 is 5.32 Å². The molecule has 1 amide bonds. The fourth-order valence-electron chi connectivity index (χ4n) is 4.23. The zero-order valence-corrected chi connectivity index (χ0v) is 19.3. The number of sulfonamides is 1. The van der Waals surface area contributed by atoms with E-state index in [0.29, 0.717) is 39.1 Å².